The van der Waals surface area contributed by atoms with E-state index in [-0.39, 0.29) is 5.91 Å². The predicted molar refractivity (Wildman–Crippen MR) is 123 cm³/mol. The molecule has 148 valence electrons. The Morgan fingerprint density at radius 2 is 1.52 bits per heavy atom. The first-order valence-corrected chi connectivity index (χ1v) is 10.5. The number of nitriles is 1. The van der Waals surface area contributed by atoms with E-state index in [4.69, 9.17) is 4.42 Å². The molecule has 0 aliphatic carbocycles. The highest BCUT2D eigenvalue weighted by atomic mass is 32.2. The van der Waals surface area contributed by atoms with Gasteiger partial charge in [0.15, 0.2) is 0 Å². The van der Waals surface area contributed by atoms with Crippen molar-refractivity contribution >= 4 is 45.3 Å². The van der Waals surface area contributed by atoms with E-state index >= 15 is 0 Å². The summed E-state index contributed by atoms with van der Waals surface area (Å²) in [5, 5.41) is 14.4. The Labute approximate surface area is 183 Å². The SMILES string of the molecule is N#Cc1ccccc1Sc1ccccc1C(=O)Nc1ccc2c(c1)oc1ccccc12. The van der Waals surface area contributed by atoms with Crippen LogP contribution in [0.2, 0.25) is 0 Å². The number of amides is 1. The lowest BCUT2D eigenvalue weighted by atomic mass is 10.1. The van der Waals surface area contributed by atoms with E-state index in [2.05, 4.69) is 11.4 Å². The number of fused-ring (bicyclic) bond motifs is 3. The molecule has 0 spiro atoms. The zero-order valence-corrected chi connectivity index (χ0v) is 17.1. The molecule has 0 radical (unpaired) electrons. The van der Waals surface area contributed by atoms with Crippen LogP contribution >= 0.6 is 11.8 Å². The van der Waals surface area contributed by atoms with E-state index in [1.807, 2.05) is 78.9 Å². The van der Waals surface area contributed by atoms with Crippen molar-refractivity contribution in [2.24, 2.45) is 0 Å². The Balaban J connectivity index is 1.44. The number of hydrogen-bond acceptors (Lipinski definition) is 4. The van der Waals surface area contributed by atoms with Gasteiger partial charge in [-0.3, -0.25) is 4.79 Å². The van der Waals surface area contributed by atoms with Crippen LogP contribution in [0.15, 0.2) is 105 Å². The first-order valence-electron chi connectivity index (χ1n) is 9.71. The average Bonchev–Trinajstić information content (AvgIpc) is 3.17. The van der Waals surface area contributed by atoms with E-state index < -0.39 is 0 Å². The number of rotatable bonds is 4. The van der Waals surface area contributed by atoms with Gasteiger partial charge in [-0.05, 0) is 42.5 Å². The van der Waals surface area contributed by atoms with E-state index in [0.29, 0.717) is 16.8 Å². The molecule has 0 atom stereocenters. The Hall–Kier alpha value is -4.01. The molecule has 4 aromatic carbocycles. The molecule has 0 saturated carbocycles. The zero-order valence-electron chi connectivity index (χ0n) is 16.3. The number of anilines is 1. The van der Waals surface area contributed by atoms with Crippen molar-refractivity contribution in [1.29, 1.82) is 5.26 Å². The molecule has 0 bridgehead atoms. The zero-order chi connectivity index (χ0) is 21.2. The molecule has 4 nitrogen and oxygen atoms in total. The van der Waals surface area contributed by atoms with Crippen LogP contribution in [-0.2, 0) is 0 Å². The molecule has 5 aromatic rings. The van der Waals surface area contributed by atoms with Crippen LogP contribution in [0.1, 0.15) is 15.9 Å². The molecule has 1 amide bonds. The van der Waals surface area contributed by atoms with Crippen LogP contribution < -0.4 is 5.32 Å². The summed E-state index contributed by atoms with van der Waals surface area (Å²) in [4.78, 5) is 14.7. The van der Waals surface area contributed by atoms with Gasteiger partial charge in [0.2, 0.25) is 0 Å². The smallest absolute Gasteiger partial charge is 0.256 e. The third kappa shape index (κ3) is 3.65. The summed E-state index contributed by atoms with van der Waals surface area (Å²) < 4.78 is 5.92. The molecule has 0 unspecified atom stereocenters. The van der Waals surface area contributed by atoms with E-state index in [9.17, 15) is 10.1 Å². The first kappa shape index (κ1) is 19.0. The lowest BCUT2D eigenvalue weighted by Crippen LogP contribution is -2.12. The van der Waals surface area contributed by atoms with E-state index in [0.717, 1.165) is 31.7 Å². The van der Waals surface area contributed by atoms with Gasteiger partial charge in [-0.2, -0.15) is 5.26 Å². The lowest BCUT2D eigenvalue weighted by Gasteiger charge is -2.10. The van der Waals surface area contributed by atoms with Crippen LogP contribution in [0.3, 0.4) is 0 Å². The normalized spacial score (nSPS) is 10.8. The van der Waals surface area contributed by atoms with E-state index in [1.54, 1.807) is 12.1 Å². The summed E-state index contributed by atoms with van der Waals surface area (Å²) in [6.07, 6.45) is 0. The largest absolute Gasteiger partial charge is 0.456 e. The molecular formula is C26H16N2O2S. The van der Waals surface area contributed by atoms with Gasteiger partial charge in [-0.25, -0.2) is 0 Å². The highest BCUT2D eigenvalue weighted by Crippen LogP contribution is 2.34. The standard InChI is InChI=1S/C26H16N2O2S/c27-16-17-7-1-5-11-24(17)31-25-12-6-3-9-21(25)26(29)28-18-13-14-20-19-8-2-4-10-22(19)30-23(20)15-18/h1-15H,(H,28,29). The number of nitrogens with one attached hydrogen (secondary N) is 1. The Kier molecular flexibility index (Phi) is 4.91. The molecule has 0 saturated heterocycles. The third-order valence-electron chi connectivity index (χ3n) is 5.00. The molecular weight excluding hydrogens is 404 g/mol. The number of para-hydroxylation sites is 1. The van der Waals surface area contributed by atoms with Gasteiger partial charge >= 0.3 is 0 Å². The Morgan fingerprint density at radius 1 is 0.806 bits per heavy atom. The molecule has 5 rings (SSSR count). The van der Waals surface area contributed by atoms with Gasteiger partial charge < -0.3 is 9.73 Å². The fraction of sp³-hybridized carbons (Fsp3) is 0. The second kappa shape index (κ2) is 8.02. The number of benzene rings is 4. The number of hydrogen-bond donors (Lipinski definition) is 1. The molecule has 5 heteroatoms. The fourth-order valence-corrected chi connectivity index (χ4v) is 4.54. The maximum Gasteiger partial charge on any atom is 0.256 e. The Bertz CT molecular complexity index is 1480. The summed E-state index contributed by atoms with van der Waals surface area (Å²) in [6.45, 7) is 0. The maximum absolute atomic E-state index is 13.1. The monoisotopic (exact) mass is 420 g/mol. The number of carbonyl (C=O) groups is 1. The second-order valence-electron chi connectivity index (χ2n) is 6.97. The first-order chi connectivity index (χ1) is 15.2. The van der Waals surface area contributed by atoms with Crippen molar-refractivity contribution in [2.45, 2.75) is 9.79 Å². The minimum Gasteiger partial charge on any atom is -0.456 e. The van der Waals surface area contributed by atoms with Crippen LogP contribution in [0.5, 0.6) is 0 Å². The van der Waals surface area contributed by atoms with Crippen molar-refractivity contribution in [1.82, 2.24) is 0 Å². The van der Waals surface area contributed by atoms with Gasteiger partial charge in [0.1, 0.15) is 17.2 Å². The molecule has 1 aromatic heterocycles. The number of carbonyl (C=O) groups excluding carboxylic acids is 1. The lowest BCUT2D eigenvalue weighted by molar-refractivity contribution is 0.102. The van der Waals surface area contributed by atoms with Crippen molar-refractivity contribution in [3.05, 3.63) is 102 Å². The van der Waals surface area contributed by atoms with Crippen molar-refractivity contribution < 1.29 is 9.21 Å². The minimum absolute atomic E-state index is 0.215. The van der Waals surface area contributed by atoms with Crippen molar-refractivity contribution in [3.63, 3.8) is 0 Å². The molecule has 0 aliphatic rings. The van der Waals surface area contributed by atoms with Crippen molar-refractivity contribution in [2.75, 3.05) is 5.32 Å². The quantitative estimate of drug-likeness (QED) is 0.345. The highest BCUT2D eigenvalue weighted by Gasteiger charge is 2.15. The fourth-order valence-electron chi connectivity index (χ4n) is 3.51. The molecule has 1 heterocycles. The van der Waals surface area contributed by atoms with Crippen LogP contribution in [0.4, 0.5) is 5.69 Å². The summed E-state index contributed by atoms with van der Waals surface area (Å²) in [6, 6.07) is 30.5. The summed E-state index contributed by atoms with van der Waals surface area (Å²) in [5.74, 6) is -0.215. The van der Waals surface area contributed by atoms with Crippen molar-refractivity contribution in [3.8, 4) is 6.07 Å². The minimum atomic E-state index is -0.215. The average molecular weight is 420 g/mol. The Morgan fingerprint density at radius 3 is 2.39 bits per heavy atom. The molecule has 1 N–H and O–H groups in total. The van der Waals surface area contributed by atoms with E-state index in [1.165, 1.54) is 11.8 Å². The molecule has 0 fully saturated rings. The topological polar surface area (TPSA) is 66.0 Å². The summed E-state index contributed by atoms with van der Waals surface area (Å²) in [5.41, 5.74) is 3.33. The maximum atomic E-state index is 13.1. The molecule has 31 heavy (non-hydrogen) atoms. The summed E-state index contributed by atoms with van der Waals surface area (Å²) >= 11 is 1.41. The van der Waals surface area contributed by atoms with Crippen LogP contribution in [-0.4, -0.2) is 5.91 Å². The van der Waals surface area contributed by atoms with Gasteiger partial charge in [-0.15, -0.1) is 0 Å². The second-order valence-corrected chi connectivity index (χ2v) is 8.05. The van der Waals surface area contributed by atoms with Crippen LogP contribution in [0, 0.1) is 11.3 Å². The number of furan rings is 1. The highest BCUT2D eigenvalue weighted by molar-refractivity contribution is 7.99. The summed E-state index contributed by atoms with van der Waals surface area (Å²) in [7, 11) is 0. The number of nitrogens with zero attached hydrogens (tertiary/aromatic N) is 1. The predicted octanol–water partition coefficient (Wildman–Crippen LogP) is 6.86. The third-order valence-corrected chi connectivity index (χ3v) is 6.15. The van der Waals surface area contributed by atoms with Gasteiger partial charge in [0, 0.05) is 32.3 Å². The molecule has 0 aliphatic heterocycles. The van der Waals surface area contributed by atoms with Gasteiger partial charge in [0.05, 0.1) is 11.1 Å². The van der Waals surface area contributed by atoms with Gasteiger partial charge in [0.25, 0.3) is 5.91 Å². The van der Waals surface area contributed by atoms with Crippen LogP contribution in [0.25, 0.3) is 21.9 Å². The van der Waals surface area contributed by atoms with Gasteiger partial charge in [-0.1, -0.05) is 54.2 Å².